The summed E-state index contributed by atoms with van der Waals surface area (Å²) in [7, 11) is -9.06. The van der Waals surface area contributed by atoms with Crippen LogP contribution in [-0.4, -0.2) is 20.5 Å². The van der Waals surface area contributed by atoms with Crippen LogP contribution < -0.4 is 0 Å². The second-order valence-electron chi connectivity index (χ2n) is 9.30. The van der Waals surface area contributed by atoms with Gasteiger partial charge in [-0.2, -0.15) is 0 Å². The molecule has 0 aliphatic rings. The van der Waals surface area contributed by atoms with Gasteiger partial charge in [-0.15, -0.1) is 6.42 Å². The Balaban J connectivity index is 2.24. The van der Waals surface area contributed by atoms with E-state index in [2.05, 4.69) is 26.7 Å². The number of sulfonamides is 2. The first kappa shape index (κ1) is 25.7. The van der Waals surface area contributed by atoms with E-state index in [0.29, 0.717) is 9.27 Å². The molecule has 1 atom stereocenters. The maximum absolute atomic E-state index is 13.8. The number of benzene rings is 3. The zero-order valence-electron chi connectivity index (χ0n) is 20.0. The molecule has 34 heavy (non-hydrogen) atoms. The van der Waals surface area contributed by atoms with E-state index in [0.717, 1.165) is 16.7 Å². The number of aryl methyl sites for hydroxylation is 2. The van der Waals surface area contributed by atoms with Gasteiger partial charge in [-0.05, 0) is 54.7 Å². The number of terminal acetylenes is 1. The van der Waals surface area contributed by atoms with E-state index in [-0.39, 0.29) is 15.2 Å². The predicted octanol–water partition coefficient (Wildman–Crippen LogP) is 5.36. The third-order valence-electron chi connectivity index (χ3n) is 5.57. The number of rotatable bonds is 6. The molecule has 3 rings (SSSR count). The van der Waals surface area contributed by atoms with Gasteiger partial charge in [-0.1, -0.05) is 90.1 Å². The third kappa shape index (κ3) is 5.10. The van der Waals surface area contributed by atoms with Crippen molar-refractivity contribution < 1.29 is 16.8 Å². The average molecular weight is 496 g/mol. The minimum atomic E-state index is -4.53. The number of nitrogens with zero attached hydrogens (tertiary/aromatic N) is 1. The molecule has 0 saturated heterocycles. The Kier molecular flexibility index (Phi) is 7.09. The quantitative estimate of drug-likeness (QED) is 0.432. The molecule has 7 heteroatoms. The van der Waals surface area contributed by atoms with Gasteiger partial charge in [0.25, 0.3) is 20.0 Å². The summed E-state index contributed by atoms with van der Waals surface area (Å²) in [5.41, 5.74) is 2.96. The lowest BCUT2D eigenvalue weighted by atomic mass is 9.86. The number of hydrogen-bond acceptors (Lipinski definition) is 4. The van der Waals surface area contributed by atoms with Crippen molar-refractivity contribution in [2.45, 2.75) is 55.9 Å². The minimum absolute atomic E-state index is 0.133. The Hall–Kier alpha value is -2.92. The van der Waals surface area contributed by atoms with Crippen LogP contribution >= 0.6 is 0 Å². The molecule has 0 unspecified atom stereocenters. The molecular formula is C27H29NO4S2. The van der Waals surface area contributed by atoms with Crippen molar-refractivity contribution >= 4 is 20.0 Å². The average Bonchev–Trinajstić information content (AvgIpc) is 2.77. The molecule has 0 aromatic heterocycles. The minimum Gasteiger partial charge on any atom is -0.206 e. The second-order valence-corrected chi connectivity index (χ2v) is 13.2. The summed E-state index contributed by atoms with van der Waals surface area (Å²) >= 11 is 0. The van der Waals surface area contributed by atoms with Crippen LogP contribution in [0, 0.1) is 26.2 Å². The van der Waals surface area contributed by atoms with Gasteiger partial charge in [0.1, 0.15) is 6.04 Å². The molecule has 0 bridgehead atoms. The van der Waals surface area contributed by atoms with Crippen LogP contribution in [0.25, 0.3) is 0 Å². The van der Waals surface area contributed by atoms with Crippen LogP contribution in [0.2, 0.25) is 0 Å². The first-order chi connectivity index (χ1) is 15.8. The van der Waals surface area contributed by atoms with E-state index in [9.17, 15) is 16.8 Å². The van der Waals surface area contributed by atoms with Crippen LogP contribution in [-0.2, 0) is 25.5 Å². The molecule has 0 saturated carbocycles. The highest BCUT2D eigenvalue weighted by Crippen LogP contribution is 2.35. The smallest absolute Gasteiger partial charge is 0.206 e. The van der Waals surface area contributed by atoms with Crippen LogP contribution in [0.15, 0.2) is 82.6 Å². The van der Waals surface area contributed by atoms with Crippen LogP contribution in [0.1, 0.15) is 49.1 Å². The molecule has 0 heterocycles. The number of hydrogen-bond donors (Lipinski definition) is 0. The van der Waals surface area contributed by atoms with Crippen LogP contribution in [0.5, 0.6) is 0 Å². The first-order valence-electron chi connectivity index (χ1n) is 10.8. The summed E-state index contributed by atoms with van der Waals surface area (Å²) < 4.78 is 55.6. The fourth-order valence-electron chi connectivity index (χ4n) is 3.48. The van der Waals surface area contributed by atoms with E-state index in [1.165, 1.54) is 24.3 Å². The van der Waals surface area contributed by atoms with Crippen LogP contribution in [0.3, 0.4) is 0 Å². The van der Waals surface area contributed by atoms with Crippen molar-refractivity contribution in [1.82, 2.24) is 3.71 Å². The molecule has 0 N–H and O–H groups in total. The van der Waals surface area contributed by atoms with E-state index in [4.69, 9.17) is 6.42 Å². The summed E-state index contributed by atoms with van der Waals surface area (Å²) in [6, 6.07) is 17.7. The summed E-state index contributed by atoms with van der Waals surface area (Å²) in [6.07, 6.45) is 5.81. The summed E-state index contributed by atoms with van der Waals surface area (Å²) in [5, 5.41) is 0. The molecule has 0 aliphatic carbocycles. The molecule has 3 aromatic rings. The Morgan fingerprint density at radius 3 is 1.41 bits per heavy atom. The highest BCUT2D eigenvalue weighted by molar-refractivity contribution is 8.04. The Morgan fingerprint density at radius 2 is 1.09 bits per heavy atom. The molecule has 0 amide bonds. The van der Waals surface area contributed by atoms with Gasteiger partial charge in [-0.25, -0.2) is 16.8 Å². The van der Waals surface area contributed by atoms with E-state index < -0.39 is 26.1 Å². The fourth-order valence-corrected chi connectivity index (χ4v) is 7.32. The highest BCUT2D eigenvalue weighted by Gasteiger charge is 2.42. The monoisotopic (exact) mass is 495 g/mol. The van der Waals surface area contributed by atoms with E-state index in [1.54, 1.807) is 36.4 Å². The van der Waals surface area contributed by atoms with Gasteiger partial charge in [-0.3, -0.25) is 0 Å². The van der Waals surface area contributed by atoms with Gasteiger partial charge < -0.3 is 0 Å². The molecule has 0 radical (unpaired) electrons. The highest BCUT2D eigenvalue weighted by atomic mass is 32.3. The summed E-state index contributed by atoms with van der Waals surface area (Å²) in [4.78, 5) is -0.305. The molecule has 178 valence electrons. The van der Waals surface area contributed by atoms with Gasteiger partial charge in [0.05, 0.1) is 9.79 Å². The normalized spacial score (nSPS) is 13.4. The van der Waals surface area contributed by atoms with Crippen molar-refractivity contribution in [1.29, 1.82) is 0 Å². The molecule has 0 spiro atoms. The Morgan fingerprint density at radius 1 is 0.706 bits per heavy atom. The van der Waals surface area contributed by atoms with Crippen molar-refractivity contribution in [2.75, 3.05) is 0 Å². The van der Waals surface area contributed by atoms with E-state index in [1.807, 2.05) is 26.0 Å². The van der Waals surface area contributed by atoms with Crippen LogP contribution in [0.4, 0.5) is 0 Å². The topological polar surface area (TPSA) is 71.5 Å². The molecular weight excluding hydrogens is 466 g/mol. The predicted molar refractivity (Wildman–Crippen MR) is 135 cm³/mol. The summed E-state index contributed by atoms with van der Waals surface area (Å²) in [5.74, 6) is 2.42. The van der Waals surface area contributed by atoms with E-state index >= 15 is 0 Å². The van der Waals surface area contributed by atoms with Crippen molar-refractivity contribution in [3.05, 3.63) is 95.1 Å². The lowest BCUT2D eigenvalue weighted by Gasteiger charge is -2.28. The largest absolute Gasteiger partial charge is 0.257 e. The maximum atomic E-state index is 13.8. The molecule has 0 aliphatic heterocycles. The summed E-state index contributed by atoms with van der Waals surface area (Å²) in [6.45, 7) is 9.79. The maximum Gasteiger partial charge on any atom is 0.257 e. The molecule has 5 nitrogen and oxygen atoms in total. The van der Waals surface area contributed by atoms with Crippen molar-refractivity contribution in [3.8, 4) is 12.3 Å². The van der Waals surface area contributed by atoms with Gasteiger partial charge in [0.2, 0.25) is 0 Å². The van der Waals surface area contributed by atoms with Gasteiger partial charge in [0, 0.05) is 0 Å². The molecule has 3 aromatic carbocycles. The zero-order valence-corrected chi connectivity index (χ0v) is 21.6. The van der Waals surface area contributed by atoms with Gasteiger partial charge in [0.15, 0.2) is 0 Å². The molecule has 0 fully saturated rings. The first-order valence-corrected chi connectivity index (χ1v) is 13.7. The second kappa shape index (κ2) is 9.38. The van der Waals surface area contributed by atoms with Crippen molar-refractivity contribution in [2.24, 2.45) is 0 Å². The standard InChI is InChI=1S/C27H29NO4S2/c1-7-26(22-12-14-23(15-13-22)27(4,5)6)28(33(29,30)24-16-8-20(2)9-17-24)34(31,32)25-18-10-21(3)11-19-25/h1,8-19,26H,2-6H3/t26-/m0/s1. The SMILES string of the molecule is C#C[C@@H](c1ccc(C(C)(C)C)cc1)N(S(=O)(=O)c1ccc(C)cc1)S(=O)(=O)c1ccc(C)cc1. The Labute approximate surface area is 203 Å². The fraction of sp³-hybridized carbons (Fsp3) is 0.259. The Bertz CT molecular complexity index is 1330. The lowest BCUT2D eigenvalue weighted by Crippen LogP contribution is -2.39. The third-order valence-corrected chi connectivity index (χ3v) is 9.86. The lowest BCUT2D eigenvalue weighted by molar-refractivity contribution is 0.474. The zero-order chi connectivity index (χ0) is 25.3. The van der Waals surface area contributed by atoms with Gasteiger partial charge >= 0.3 is 0 Å². The van der Waals surface area contributed by atoms with Crippen molar-refractivity contribution in [3.63, 3.8) is 0 Å².